The van der Waals surface area contributed by atoms with Crippen molar-refractivity contribution in [3.05, 3.63) is 76.9 Å². The molecule has 0 bridgehead atoms. The van der Waals surface area contributed by atoms with Crippen molar-refractivity contribution in [1.29, 1.82) is 0 Å². The number of amides is 1. The van der Waals surface area contributed by atoms with E-state index in [1.165, 1.54) is 0 Å². The summed E-state index contributed by atoms with van der Waals surface area (Å²) in [6.07, 6.45) is 0. The van der Waals surface area contributed by atoms with Gasteiger partial charge >= 0.3 is 0 Å². The summed E-state index contributed by atoms with van der Waals surface area (Å²) in [7, 11) is 0. The molecule has 5 heteroatoms. The van der Waals surface area contributed by atoms with E-state index < -0.39 is 0 Å². The molecule has 0 saturated carbocycles. The summed E-state index contributed by atoms with van der Waals surface area (Å²) < 4.78 is 5.24. The van der Waals surface area contributed by atoms with E-state index in [-0.39, 0.29) is 17.6 Å². The Labute approximate surface area is 139 Å². The molecule has 1 aromatic heterocycles. The Morgan fingerprint density at radius 2 is 1.91 bits per heavy atom. The van der Waals surface area contributed by atoms with Crippen LogP contribution in [0.3, 0.4) is 0 Å². The van der Waals surface area contributed by atoms with Gasteiger partial charge in [-0.2, -0.15) is 0 Å². The number of carbonyl (C=O) groups excluding carboxylic acids is 1. The van der Waals surface area contributed by atoms with Crippen molar-refractivity contribution in [2.45, 2.75) is 13.0 Å². The number of carbonyl (C=O) groups is 1. The van der Waals surface area contributed by atoms with Crippen molar-refractivity contribution in [2.24, 2.45) is 0 Å². The van der Waals surface area contributed by atoms with Crippen molar-refractivity contribution < 1.29 is 9.32 Å². The minimum atomic E-state index is -0.279. The van der Waals surface area contributed by atoms with Crippen molar-refractivity contribution in [1.82, 2.24) is 10.5 Å². The Bertz CT molecular complexity index is 815. The van der Waals surface area contributed by atoms with Crippen LogP contribution in [0.15, 0.2) is 65.2 Å². The maximum Gasteiger partial charge on any atom is 0.273 e. The third-order valence-corrected chi connectivity index (χ3v) is 3.73. The summed E-state index contributed by atoms with van der Waals surface area (Å²) in [5, 5.41) is 7.34. The molecule has 0 aliphatic rings. The van der Waals surface area contributed by atoms with Gasteiger partial charge in [0.2, 0.25) is 0 Å². The summed E-state index contributed by atoms with van der Waals surface area (Å²) in [4.78, 5) is 12.3. The van der Waals surface area contributed by atoms with Crippen LogP contribution < -0.4 is 5.32 Å². The first-order chi connectivity index (χ1) is 11.1. The molecule has 0 saturated heterocycles. The number of hydrogen-bond donors (Lipinski definition) is 1. The fourth-order valence-corrected chi connectivity index (χ4v) is 2.45. The van der Waals surface area contributed by atoms with Gasteiger partial charge in [-0.1, -0.05) is 59.2 Å². The van der Waals surface area contributed by atoms with Crippen molar-refractivity contribution >= 4 is 17.5 Å². The molecule has 0 fully saturated rings. The van der Waals surface area contributed by atoms with E-state index in [9.17, 15) is 4.79 Å². The zero-order valence-corrected chi connectivity index (χ0v) is 13.2. The Morgan fingerprint density at radius 3 is 2.65 bits per heavy atom. The second kappa shape index (κ2) is 6.67. The van der Waals surface area contributed by atoms with E-state index in [1.807, 2.05) is 49.4 Å². The zero-order chi connectivity index (χ0) is 16.2. The molecule has 0 unspecified atom stereocenters. The van der Waals surface area contributed by atoms with Gasteiger partial charge in [-0.25, -0.2) is 0 Å². The molecule has 4 nitrogen and oxygen atoms in total. The second-order valence-electron chi connectivity index (χ2n) is 5.19. The van der Waals surface area contributed by atoms with E-state index in [1.54, 1.807) is 18.2 Å². The normalized spacial score (nSPS) is 11.9. The standard InChI is InChI=1S/C18H15ClN2O2/c1-12(13-6-3-2-4-7-13)20-18(22)16-11-17(23-21-16)14-8-5-9-15(19)10-14/h2-12H,1H3,(H,20,22)/t12-/m1/s1. The molecule has 116 valence electrons. The summed E-state index contributed by atoms with van der Waals surface area (Å²) >= 11 is 5.96. The van der Waals surface area contributed by atoms with Gasteiger partial charge in [0.1, 0.15) is 0 Å². The highest BCUT2D eigenvalue weighted by atomic mass is 35.5. The van der Waals surface area contributed by atoms with Gasteiger partial charge in [0.15, 0.2) is 11.5 Å². The van der Waals surface area contributed by atoms with E-state index in [4.69, 9.17) is 16.1 Å². The molecule has 1 N–H and O–H groups in total. The number of rotatable bonds is 4. The van der Waals surface area contributed by atoms with E-state index in [0.29, 0.717) is 10.8 Å². The van der Waals surface area contributed by atoms with Gasteiger partial charge in [0.05, 0.1) is 6.04 Å². The first-order valence-electron chi connectivity index (χ1n) is 7.22. The zero-order valence-electron chi connectivity index (χ0n) is 12.5. The third kappa shape index (κ3) is 3.60. The van der Waals surface area contributed by atoms with Gasteiger partial charge in [-0.05, 0) is 24.6 Å². The Morgan fingerprint density at radius 1 is 1.13 bits per heavy atom. The molecular weight excluding hydrogens is 312 g/mol. The Kier molecular flexibility index (Phi) is 4.44. The lowest BCUT2D eigenvalue weighted by molar-refractivity contribution is 0.0931. The van der Waals surface area contributed by atoms with Crippen LogP contribution in [0.25, 0.3) is 11.3 Å². The predicted molar refractivity (Wildman–Crippen MR) is 89.3 cm³/mol. The average Bonchev–Trinajstić information content (AvgIpc) is 3.06. The highest BCUT2D eigenvalue weighted by molar-refractivity contribution is 6.30. The minimum Gasteiger partial charge on any atom is -0.355 e. The largest absolute Gasteiger partial charge is 0.355 e. The van der Waals surface area contributed by atoms with Crippen molar-refractivity contribution in [3.63, 3.8) is 0 Å². The molecule has 1 amide bonds. The molecule has 3 rings (SSSR count). The lowest BCUT2D eigenvalue weighted by Crippen LogP contribution is -2.26. The maximum absolute atomic E-state index is 12.3. The topological polar surface area (TPSA) is 55.1 Å². The lowest BCUT2D eigenvalue weighted by Gasteiger charge is -2.12. The van der Waals surface area contributed by atoms with Gasteiger partial charge in [0.25, 0.3) is 5.91 Å². The SMILES string of the molecule is C[C@@H](NC(=O)c1cc(-c2cccc(Cl)c2)on1)c1ccccc1. The van der Waals surface area contributed by atoms with Gasteiger partial charge in [-0.15, -0.1) is 0 Å². The second-order valence-corrected chi connectivity index (χ2v) is 5.63. The minimum absolute atomic E-state index is 0.116. The van der Waals surface area contributed by atoms with E-state index in [2.05, 4.69) is 10.5 Å². The van der Waals surface area contributed by atoms with Crippen LogP contribution in [0.5, 0.6) is 0 Å². The number of halogens is 1. The van der Waals surface area contributed by atoms with Crippen molar-refractivity contribution in [3.8, 4) is 11.3 Å². The number of nitrogens with one attached hydrogen (secondary N) is 1. The Hall–Kier alpha value is -2.59. The highest BCUT2D eigenvalue weighted by Crippen LogP contribution is 2.23. The van der Waals surface area contributed by atoms with E-state index >= 15 is 0 Å². The molecule has 0 spiro atoms. The molecule has 2 aromatic carbocycles. The fraction of sp³-hybridized carbons (Fsp3) is 0.111. The summed E-state index contributed by atoms with van der Waals surface area (Å²) in [5.41, 5.74) is 2.04. The maximum atomic E-state index is 12.3. The highest BCUT2D eigenvalue weighted by Gasteiger charge is 2.16. The van der Waals surface area contributed by atoms with Crippen LogP contribution in [0.1, 0.15) is 29.0 Å². The van der Waals surface area contributed by atoms with Crippen molar-refractivity contribution in [2.75, 3.05) is 0 Å². The smallest absolute Gasteiger partial charge is 0.273 e. The molecule has 0 aliphatic heterocycles. The van der Waals surface area contributed by atoms with Crippen LogP contribution in [-0.4, -0.2) is 11.1 Å². The van der Waals surface area contributed by atoms with Crippen LogP contribution in [-0.2, 0) is 0 Å². The number of hydrogen-bond acceptors (Lipinski definition) is 3. The molecule has 1 heterocycles. The summed E-state index contributed by atoms with van der Waals surface area (Å²) in [6, 6.07) is 18.4. The van der Waals surface area contributed by atoms with Crippen LogP contribution in [0.2, 0.25) is 5.02 Å². The van der Waals surface area contributed by atoms with E-state index in [0.717, 1.165) is 11.1 Å². The fourth-order valence-electron chi connectivity index (χ4n) is 2.26. The monoisotopic (exact) mass is 326 g/mol. The van der Waals surface area contributed by atoms with Gasteiger partial charge in [-0.3, -0.25) is 4.79 Å². The molecule has 0 radical (unpaired) electrons. The lowest BCUT2D eigenvalue weighted by atomic mass is 10.1. The number of benzene rings is 2. The molecule has 1 atom stereocenters. The molecule has 23 heavy (non-hydrogen) atoms. The molecule has 0 aliphatic carbocycles. The Balaban J connectivity index is 1.74. The first kappa shape index (κ1) is 15.3. The quantitative estimate of drug-likeness (QED) is 0.768. The molecular formula is C18H15ClN2O2. The average molecular weight is 327 g/mol. The first-order valence-corrected chi connectivity index (χ1v) is 7.60. The van der Waals surface area contributed by atoms with Gasteiger partial charge < -0.3 is 9.84 Å². The molecule has 3 aromatic rings. The third-order valence-electron chi connectivity index (χ3n) is 3.50. The van der Waals surface area contributed by atoms with Crippen LogP contribution in [0.4, 0.5) is 0 Å². The predicted octanol–water partition coefficient (Wildman–Crippen LogP) is 4.49. The summed E-state index contributed by atoms with van der Waals surface area (Å²) in [6.45, 7) is 1.92. The van der Waals surface area contributed by atoms with Crippen LogP contribution >= 0.6 is 11.6 Å². The number of aromatic nitrogens is 1. The number of nitrogens with zero attached hydrogens (tertiary/aromatic N) is 1. The van der Waals surface area contributed by atoms with Gasteiger partial charge in [0, 0.05) is 16.7 Å². The van der Waals surface area contributed by atoms with Crippen LogP contribution in [0, 0.1) is 0 Å². The summed E-state index contributed by atoms with van der Waals surface area (Å²) in [5.74, 6) is 0.225.